The van der Waals surface area contributed by atoms with Gasteiger partial charge in [-0.15, -0.1) is 33.9 Å². The zero-order chi connectivity index (χ0) is 14.9. The van der Waals surface area contributed by atoms with Crippen LogP contribution in [-0.2, 0) is 6.42 Å². The van der Waals surface area contributed by atoms with E-state index in [0.29, 0.717) is 0 Å². The van der Waals surface area contributed by atoms with E-state index in [0.717, 1.165) is 48.4 Å². The number of hydrogen-bond donors (Lipinski definition) is 0. The van der Waals surface area contributed by atoms with E-state index >= 15 is 0 Å². The van der Waals surface area contributed by atoms with Crippen LogP contribution in [-0.4, -0.2) is 46.3 Å². The lowest BCUT2D eigenvalue weighted by Gasteiger charge is -2.35. The minimum absolute atomic E-state index is 0. The lowest BCUT2D eigenvalue weighted by Crippen LogP contribution is -2.46. The summed E-state index contributed by atoms with van der Waals surface area (Å²) in [5.41, 5.74) is 1.79. The van der Waals surface area contributed by atoms with Crippen molar-refractivity contribution in [1.29, 1.82) is 0 Å². The number of nitrogens with zero attached hydrogens (tertiary/aromatic N) is 6. The summed E-state index contributed by atoms with van der Waals surface area (Å²) in [6, 6.07) is 2.24. The van der Waals surface area contributed by atoms with Crippen molar-refractivity contribution in [2.24, 2.45) is 0 Å². The molecular weight excluding hydrogens is 352 g/mol. The highest BCUT2D eigenvalue weighted by Crippen LogP contribution is 2.31. The Morgan fingerprint density at radius 2 is 1.91 bits per heavy atom. The highest BCUT2D eigenvalue weighted by atomic mass is 35.5. The SMILES string of the molecule is CCc1cc2c(N3CCN(c4nncs4)CC3)ncnc2s1.Cl. The Hall–Kier alpha value is -1.51. The van der Waals surface area contributed by atoms with Crippen molar-refractivity contribution in [1.82, 2.24) is 20.2 Å². The van der Waals surface area contributed by atoms with Crippen LogP contribution in [0.1, 0.15) is 11.8 Å². The molecule has 0 unspecified atom stereocenters. The largest absolute Gasteiger partial charge is 0.352 e. The van der Waals surface area contributed by atoms with Gasteiger partial charge in [0.25, 0.3) is 0 Å². The second-order valence-electron chi connectivity index (χ2n) is 5.18. The Labute approximate surface area is 148 Å². The van der Waals surface area contributed by atoms with E-state index in [2.05, 4.69) is 43.0 Å². The van der Waals surface area contributed by atoms with Gasteiger partial charge in [0.05, 0.1) is 5.39 Å². The number of piperazine rings is 1. The van der Waals surface area contributed by atoms with Crippen molar-refractivity contribution in [2.75, 3.05) is 36.0 Å². The van der Waals surface area contributed by atoms with Crippen molar-refractivity contribution in [3.05, 3.63) is 22.8 Å². The summed E-state index contributed by atoms with van der Waals surface area (Å²) in [6.07, 6.45) is 2.73. The summed E-state index contributed by atoms with van der Waals surface area (Å²) >= 11 is 3.37. The predicted octanol–water partition coefficient (Wildman–Crippen LogP) is 2.85. The Morgan fingerprint density at radius 3 is 2.61 bits per heavy atom. The molecule has 1 aliphatic rings. The molecule has 0 bridgehead atoms. The summed E-state index contributed by atoms with van der Waals surface area (Å²) in [5, 5.41) is 10.3. The molecule has 0 amide bonds. The Balaban J connectivity index is 0.00000156. The molecule has 0 aromatic carbocycles. The van der Waals surface area contributed by atoms with Crippen LogP contribution < -0.4 is 9.80 Å². The van der Waals surface area contributed by atoms with Crippen molar-refractivity contribution < 1.29 is 0 Å². The zero-order valence-corrected chi connectivity index (χ0v) is 15.1. The molecule has 0 radical (unpaired) electrons. The third-order valence-electron chi connectivity index (χ3n) is 3.91. The fourth-order valence-corrected chi connectivity index (χ4v) is 4.28. The summed E-state index contributed by atoms with van der Waals surface area (Å²) in [4.78, 5) is 16.1. The number of fused-ring (bicyclic) bond motifs is 1. The molecule has 122 valence electrons. The van der Waals surface area contributed by atoms with Gasteiger partial charge in [0.15, 0.2) is 0 Å². The number of aromatic nitrogens is 4. The second-order valence-corrected chi connectivity index (χ2v) is 7.10. The van der Waals surface area contributed by atoms with E-state index in [1.54, 1.807) is 34.5 Å². The van der Waals surface area contributed by atoms with Gasteiger partial charge in [-0.2, -0.15) is 0 Å². The standard InChI is InChI=1S/C14H16N6S2.ClH/c1-2-10-7-11-12(15-8-16-13(11)22-10)19-3-5-20(6-4-19)14-18-17-9-21-14;/h7-9H,2-6H2,1H3;1H. The third-order valence-corrected chi connectivity index (χ3v) is 5.84. The first-order valence-corrected chi connectivity index (χ1v) is 9.04. The van der Waals surface area contributed by atoms with Crippen LogP contribution in [0.3, 0.4) is 0 Å². The first-order chi connectivity index (χ1) is 10.8. The molecule has 0 atom stereocenters. The van der Waals surface area contributed by atoms with Gasteiger partial charge >= 0.3 is 0 Å². The van der Waals surface area contributed by atoms with Gasteiger partial charge in [-0.3, -0.25) is 0 Å². The van der Waals surface area contributed by atoms with E-state index in [9.17, 15) is 0 Å². The number of hydrogen-bond acceptors (Lipinski definition) is 8. The first kappa shape index (κ1) is 16.4. The van der Waals surface area contributed by atoms with Crippen LogP contribution in [0.2, 0.25) is 0 Å². The number of rotatable bonds is 3. The molecule has 4 heterocycles. The molecule has 3 aromatic rings. The average Bonchev–Trinajstić information content (AvgIpc) is 3.23. The highest BCUT2D eigenvalue weighted by molar-refractivity contribution is 7.18. The van der Waals surface area contributed by atoms with Crippen LogP contribution in [0, 0.1) is 0 Å². The first-order valence-electron chi connectivity index (χ1n) is 7.34. The fourth-order valence-electron chi connectivity index (χ4n) is 2.73. The van der Waals surface area contributed by atoms with E-state index in [-0.39, 0.29) is 12.4 Å². The minimum Gasteiger partial charge on any atom is -0.352 e. The van der Waals surface area contributed by atoms with Crippen LogP contribution in [0.4, 0.5) is 10.9 Å². The maximum absolute atomic E-state index is 4.54. The van der Waals surface area contributed by atoms with Gasteiger partial charge in [0.1, 0.15) is 22.5 Å². The van der Waals surface area contributed by atoms with E-state index < -0.39 is 0 Å². The van der Waals surface area contributed by atoms with Crippen molar-refractivity contribution in [3.8, 4) is 0 Å². The van der Waals surface area contributed by atoms with Gasteiger partial charge in [-0.1, -0.05) is 18.3 Å². The number of thiophene rings is 1. The molecule has 23 heavy (non-hydrogen) atoms. The van der Waals surface area contributed by atoms with Gasteiger partial charge in [0, 0.05) is 31.1 Å². The molecule has 1 saturated heterocycles. The van der Waals surface area contributed by atoms with Crippen LogP contribution in [0.15, 0.2) is 17.9 Å². The maximum atomic E-state index is 4.54. The van der Waals surface area contributed by atoms with Crippen LogP contribution in [0.5, 0.6) is 0 Å². The lowest BCUT2D eigenvalue weighted by molar-refractivity contribution is 0.645. The molecule has 1 fully saturated rings. The smallest absolute Gasteiger partial charge is 0.208 e. The molecule has 0 aliphatic carbocycles. The average molecular weight is 369 g/mol. The molecule has 1 aliphatic heterocycles. The van der Waals surface area contributed by atoms with E-state index in [1.807, 2.05) is 0 Å². The van der Waals surface area contributed by atoms with Crippen molar-refractivity contribution in [2.45, 2.75) is 13.3 Å². The minimum atomic E-state index is 0. The van der Waals surface area contributed by atoms with Crippen molar-refractivity contribution in [3.63, 3.8) is 0 Å². The third kappa shape index (κ3) is 3.11. The number of halogens is 1. The molecule has 0 saturated carbocycles. The Bertz CT molecular complexity index is 767. The molecule has 0 spiro atoms. The van der Waals surface area contributed by atoms with Gasteiger partial charge < -0.3 is 9.80 Å². The van der Waals surface area contributed by atoms with E-state index in [4.69, 9.17) is 0 Å². The van der Waals surface area contributed by atoms with E-state index in [1.165, 1.54) is 10.3 Å². The Morgan fingerprint density at radius 1 is 1.13 bits per heavy atom. The molecule has 4 rings (SSSR count). The monoisotopic (exact) mass is 368 g/mol. The summed E-state index contributed by atoms with van der Waals surface area (Å²) in [7, 11) is 0. The quantitative estimate of drug-likeness (QED) is 0.708. The maximum Gasteiger partial charge on any atom is 0.208 e. The highest BCUT2D eigenvalue weighted by Gasteiger charge is 2.22. The zero-order valence-electron chi connectivity index (χ0n) is 12.7. The number of anilines is 2. The van der Waals surface area contributed by atoms with Gasteiger partial charge in [0.2, 0.25) is 5.13 Å². The summed E-state index contributed by atoms with van der Waals surface area (Å²) < 4.78 is 0. The molecule has 3 aromatic heterocycles. The summed E-state index contributed by atoms with van der Waals surface area (Å²) in [6.45, 7) is 5.97. The molecule has 0 N–H and O–H groups in total. The van der Waals surface area contributed by atoms with Crippen molar-refractivity contribution >= 4 is 56.2 Å². The normalized spacial score (nSPS) is 15.0. The predicted molar refractivity (Wildman–Crippen MR) is 98.4 cm³/mol. The molecular formula is C14H17ClN6S2. The topological polar surface area (TPSA) is 58.0 Å². The number of aryl methyl sites for hydroxylation is 1. The summed E-state index contributed by atoms with van der Waals surface area (Å²) in [5.74, 6) is 1.07. The van der Waals surface area contributed by atoms with Gasteiger partial charge in [-0.25, -0.2) is 9.97 Å². The fraction of sp³-hybridized carbons (Fsp3) is 0.429. The molecule has 9 heteroatoms. The second kappa shape index (κ2) is 6.94. The van der Waals surface area contributed by atoms with Gasteiger partial charge in [-0.05, 0) is 12.5 Å². The van der Waals surface area contributed by atoms with Crippen LogP contribution >= 0.6 is 35.1 Å². The Kier molecular flexibility index (Phi) is 4.93. The van der Waals surface area contributed by atoms with Crippen LogP contribution in [0.25, 0.3) is 10.2 Å². The molecule has 6 nitrogen and oxygen atoms in total. The lowest BCUT2D eigenvalue weighted by atomic mass is 10.2.